The number of ether oxygens (including phenoxy) is 1. The number of carboxylic acid groups (broad SMARTS) is 1. The molecule has 1 atom stereocenters. The van der Waals surface area contributed by atoms with E-state index < -0.39 is 5.97 Å². The Morgan fingerprint density at radius 1 is 0.429 bits per heavy atom. The number of hydrogen-bond acceptors (Lipinski definition) is 3. The fourth-order valence-corrected chi connectivity index (χ4v) is 6.06. The molecule has 250 valence electrons. The smallest absolute Gasteiger partial charge is 0.306 e. The molecule has 1 N–H and O–H groups in total. The molecule has 0 amide bonds. The van der Waals surface area contributed by atoms with E-state index >= 15 is 0 Å². The molecule has 0 aliphatic carbocycles. The highest BCUT2D eigenvalue weighted by atomic mass is 16.5. The molecular weight excluding hydrogens is 520 g/mol. The van der Waals surface area contributed by atoms with Crippen molar-refractivity contribution in [2.45, 2.75) is 232 Å². The predicted octanol–water partition coefficient (Wildman–Crippen LogP) is 12.9. The minimum absolute atomic E-state index is 0.0364. The van der Waals surface area contributed by atoms with Crippen molar-refractivity contribution in [2.24, 2.45) is 0 Å². The summed E-state index contributed by atoms with van der Waals surface area (Å²) in [5.41, 5.74) is 0. The van der Waals surface area contributed by atoms with E-state index in [-0.39, 0.29) is 12.1 Å². The van der Waals surface area contributed by atoms with E-state index in [9.17, 15) is 9.59 Å². The van der Waals surface area contributed by atoms with Crippen LogP contribution in [0.15, 0.2) is 0 Å². The zero-order valence-electron chi connectivity index (χ0n) is 28.6. The van der Waals surface area contributed by atoms with Crippen LogP contribution in [0.3, 0.4) is 0 Å². The van der Waals surface area contributed by atoms with E-state index in [2.05, 4.69) is 13.8 Å². The van der Waals surface area contributed by atoms with E-state index in [0.717, 1.165) is 38.5 Å². The van der Waals surface area contributed by atoms with E-state index in [1.165, 1.54) is 161 Å². The Hall–Kier alpha value is -1.06. The third-order valence-corrected chi connectivity index (χ3v) is 8.81. The molecule has 0 spiro atoms. The second-order valence-corrected chi connectivity index (χ2v) is 13.1. The predicted molar refractivity (Wildman–Crippen MR) is 181 cm³/mol. The standard InChI is InChI=1S/C38H74O4/c1-3-5-6-7-8-9-17-22-25-28-31-35-38(41)42-36(32-4-2)33-29-26-23-20-18-15-13-11-10-12-14-16-19-21-24-27-30-34-37(39)40/h36H,3-35H2,1-2H3,(H,39,40). The van der Waals surface area contributed by atoms with Gasteiger partial charge in [-0.3, -0.25) is 9.59 Å². The maximum absolute atomic E-state index is 12.4. The molecule has 1 unspecified atom stereocenters. The van der Waals surface area contributed by atoms with Crippen molar-refractivity contribution in [3.8, 4) is 0 Å². The highest BCUT2D eigenvalue weighted by Crippen LogP contribution is 2.18. The van der Waals surface area contributed by atoms with Crippen molar-refractivity contribution in [3.05, 3.63) is 0 Å². The number of unbranched alkanes of at least 4 members (excludes halogenated alkanes) is 26. The van der Waals surface area contributed by atoms with Crippen LogP contribution in [-0.4, -0.2) is 23.1 Å². The van der Waals surface area contributed by atoms with Crippen molar-refractivity contribution < 1.29 is 19.4 Å². The Morgan fingerprint density at radius 3 is 1.12 bits per heavy atom. The van der Waals surface area contributed by atoms with Gasteiger partial charge in [-0.1, -0.05) is 181 Å². The third-order valence-electron chi connectivity index (χ3n) is 8.81. The van der Waals surface area contributed by atoms with Gasteiger partial charge in [0.25, 0.3) is 0 Å². The molecule has 0 saturated heterocycles. The van der Waals surface area contributed by atoms with Crippen molar-refractivity contribution in [2.75, 3.05) is 0 Å². The lowest BCUT2D eigenvalue weighted by molar-refractivity contribution is -0.150. The molecule has 0 fully saturated rings. The zero-order chi connectivity index (χ0) is 30.8. The maximum atomic E-state index is 12.4. The molecule has 0 aromatic rings. The summed E-state index contributed by atoms with van der Waals surface area (Å²) in [5.74, 6) is -0.624. The van der Waals surface area contributed by atoms with Gasteiger partial charge in [0.1, 0.15) is 6.10 Å². The van der Waals surface area contributed by atoms with E-state index in [0.29, 0.717) is 12.8 Å². The van der Waals surface area contributed by atoms with Crippen LogP contribution < -0.4 is 0 Å². The molecule has 0 aliphatic rings. The summed E-state index contributed by atoms with van der Waals surface area (Å²) >= 11 is 0. The molecule has 0 radical (unpaired) electrons. The Bertz CT molecular complexity index is 561. The fourth-order valence-electron chi connectivity index (χ4n) is 6.06. The lowest BCUT2D eigenvalue weighted by Crippen LogP contribution is -2.18. The van der Waals surface area contributed by atoms with Crippen molar-refractivity contribution in [3.63, 3.8) is 0 Å². The Morgan fingerprint density at radius 2 is 0.762 bits per heavy atom. The summed E-state index contributed by atoms with van der Waals surface area (Å²) < 4.78 is 5.87. The first kappa shape index (κ1) is 40.9. The first-order chi connectivity index (χ1) is 20.6. The lowest BCUT2D eigenvalue weighted by Gasteiger charge is -2.17. The number of aliphatic carboxylic acids is 1. The Labute approximate surface area is 262 Å². The molecule has 0 aromatic heterocycles. The van der Waals surface area contributed by atoms with Crippen LogP contribution in [0.1, 0.15) is 226 Å². The number of esters is 1. The highest BCUT2D eigenvalue weighted by molar-refractivity contribution is 5.69. The van der Waals surface area contributed by atoms with Crippen LogP contribution in [-0.2, 0) is 14.3 Å². The van der Waals surface area contributed by atoms with Crippen LogP contribution in [0, 0.1) is 0 Å². The molecule has 0 bridgehead atoms. The molecule has 0 rings (SSSR count). The second-order valence-electron chi connectivity index (χ2n) is 13.1. The van der Waals surface area contributed by atoms with Gasteiger partial charge >= 0.3 is 11.9 Å². The summed E-state index contributed by atoms with van der Waals surface area (Å²) in [4.78, 5) is 22.9. The SMILES string of the molecule is CCCCCCCCCCCCCC(=O)OC(CCC)CCCCCCCCCCCCCCCCCCCC(=O)O. The van der Waals surface area contributed by atoms with Crippen molar-refractivity contribution in [1.29, 1.82) is 0 Å². The quantitative estimate of drug-likeness (QED) is 0.0585. The summed E-state index contributed by atoms with van der Waals surface area (Å²) in [6, 6.07) is 0. The highest BCUT2D eigenvalue weighted by Gasteiger charge is 2.13. The largest absolute Gasteiger partial charge is 0.481 e. The first-order valence-corrected chi connectivity index (χ1v) is 19.0. The molecule has 42 heavy (non-hydrogen) atoms. The maximum Gasteiger partial charge on any atom is 0.306 e. The number of carboxylic acids is 1. The molecular formula is C38H74O4. The van der Waals surface area contributed by atoms with Gasteiger partial charge in [-0.25, -0.2) is 0 Å². The molecule has 4 nitrogen and oxygen atoms in total. The molecule has 0 aromatic carbocycles. The first-order valence-electron chi connectivity index (χ1n) is 19.0. The molecule has 0 aliphatic heterocycles. The van der Waals surface area contributed by atoms with Crippen molar-refractivity contribution in [1.82, 2.24) is 0 Å². The second kappa shape index (κ2) is 34.4. The Kier molecular flexibility index (Phi) is 33.6. The van der Waals surface area contributed by atoms with Crippen LogP contribution in [0.4, 0.5) is 0 Å². The fraction of sp³-hybridized carbons (Fsp3) is 0.947. The van der Waals surface area contributed by atoms with Gasteiger partial charge < -0.3 is 9.84 Å². The lowest BCUT2D eigenvalue weighted by atomic mass is 10.0. The van der Waals surface area contributed by atoms with Crippen LogP contribution >= 0.6 is 0 Å². The van der Waals surface area contributed by atoms with Gasteiger partial charge in [0.15, 0.2) is 0 Å². The van der Waals surface area contributed by atoms with E-state index in [1.54, 1.807) is 0 Å². The van der Waals surface area contributed by atoms with Crippen LogP contribution in [0.25, 0.3) is 0 Å². The molecule has 4 heteroatoms. The number of carbonyl (C=O) groups excluding carboxylic acids is 1. The molecule has 0 heterocycles. The summed E-state index contributed by atoms with van der Waals surface area (Å²) in [5, 5.41) is 8.65. The van der Waals surface area contributed by atoms with Crippen LogP contribution in [0.2, 0.25) is 0 Å². The average Bonchev–Trinajstić information content (AvgIpc) is 2.97. The van der Waals surface area contributed by atoms with Gasteiger partial charge in [0.2, 0.25) is 0 Å². The normalized spacial score (nSPS) is 12.0. The van der Waals surface area contributed by atoms with Gasteiger partial charge in [-0.2, -0.15) is 0 Å². The van der Waals surface area contributed by atoms with E-state index in [4.69, 9.17) is 9.84 Å². The number of carbonyl (C=O) groups is 2. The van der Waals surface area contributed by atoms with Gasteiger partial charge in [0.05, 0.1) is 0 Å². The van der Waals surface area contributed by atoms with Gasteiger partial charge in [-0.05, 0) is 32.1 Å². The summed E-state index contributed by atoms with van der Waals surface area (Å²) in [6.45, 7) is 4.47. The van der Waals surface area contributed by atoms with Gasteiger partial charge in [-0.15, -0.1) is 0 Å². The van der Waals surface area contributed by atoms with Crippen LogP contribution in [0.5, 0.6) is 0 Å². The Balaban J connectivity index is 3.47. The summed E-state index contributed by atoms with van der Waals surface area (Å²) in [7, 11) is 0. The van der Waals surface area contributed by atoms with Crippen molar-refractivity contribution >= 4 is 11.9 Å². The monoisotopic (exact) mass is 595 g/mol. The average molecular weight is 595 g/mol. The zero-order valence-corrected chi connectivity index (χ0v) is 28.6. The number of rotatable bonds is 35. The topological polar surface area (TPSA) is 63.6 Å². The summed E-state index contributed by atoms with van der Waals surface area (Å²) in [6.07, 6.45) is 40.5. The number of hydrogen-bond donors (Lipinski definition) is 1. The third kappa shape index (κ3) is 33.4. The van der Waals surface area contributed by atoms with Gasteiger partial charge in [0, 0.05) is 12.8 Å². The molecule has 0 saturated carbocycles. The minimum atomic E-state index is -0.661. The minimum Gasteiger partial charge on any atom is -0.481 e. The van der Waals surface area contributed by atoms with E-state index in [1.807, 2.05) is 0 Å².